The molecule has 140 valence electrons. The average Bonchev–Trinajstić information content (AvgIpc) is 2.98. The number of hydrogen-bond donors (Lipinski definition) is 1. The molecule has 0 spiro atoms. The van der Waals surface area contributed by atoms with Crippen molar-refractivity contribution in [2.75, 3.05) is 5.75 Å². The molecule has 25 heavy (non-hydrogen) atoms. The third kappa shape index (κ3) is 8.01. The highest BCUT2D eigenvalue weighted by Gasteiger charge is 2.03. The number of aryl methyl sites for hydroxylation is 1. The van der Waals surface area contributed by atoms with Crippen molar-refractivity contribution < 1.29 is 13.0 Å². The fraction of sp³-hybridized carbons (Fsp3) is 0.632. The predicted octanol–water partition coefficient (Wildman–Crippen LogP) is 4.83. The van der Waals surface area contributed by atoms with E-state index in [1.807, 2.05) is 12.4 Å². The van der Waals surface area contributed by atoms with E-state index < -0.39 is 10.1 Å². The van der Waals surface area contributed by atoms with Crippen molar-refractivity contribution in [3.8, 4) is 0 Å². The van der Waals surface area contributed by atoms with Crippen LogP contribution in [0.15, 0.2) is 30.6 Å². The van der Waals surface area contributed by atoms with Gasteiger partial charge in [-0.15, -0.1) is 0 Å². The summed E-state index contributed by atoms with van der Waals surface area (Å²) in [5, 5.41) is 0. The third-order valence-corrected chi connectivity index (χ3v) is 5.38. The van der Waals surface area contributed by atoms with Crippen LogP contribution in [0.4, 0.5) is 0 Å². The molecule has 1 aromatic carbocycles. The Morgan fingerprint density at radius 3 is 2.04 bits per heavy atom. The molecule has 0 saturated heterocycles. The molecule has 0 atom stereocenters. The van der Waals surface area contributed by atoms with Gasteiger partial charge in [-0.1, -0.05) is 63.5 Å². The molecule has 5 nitrogen and oxygen atoms in total. The van der Waals surface area contributed by atoms with Crippen LogP contribution in [-0.4, -0.2) is 28.3 Å². The molecule has 0 aliphatic carbocycles. The highest BCUT2D eigenvalue weighted by molar-refractivity contribution is 7.85. The summed E-state index contributed by atoms with van der Waals surface area (Å²) in [4.78, 5) is 4.42. The molecule has 1 N–H and O–H groups in total. The van der Waals surface area contributed by atoms with Crippen LogP contribution in [0.1, 0.15) is 64.2 Å². The minimum Gasteiger partial charge on any atom is -0.331 e. The molecule has 6 heteroatoms. The lowest BCUT2D eigenvalue weighted by Gasteiger charge is -2.05. The Hall–Kier alpha value is -1.40. The first-order valence-electron chi connectivity index (χ1n) is 9.41. The molecule has 1 aromatic heterocycles. The number of hydrogen-bond acceptors (Lipinski definition) is 3. The van der Waals surface area contributed by atoms with Crippen LogP contribution in [0.25, 0.3) is 11.0 Å². The Labute approximate surface area is 151 Å². The Bertz CT molecular complexity index is 725. The number of aromatic nitrogens is 2. The van der Waals surface area contributed by atoms with E-state index in [9.17, 15) is 8.42 Å². The average molecular weight is 367 g/mol. The number of imidazole rings is 1. The second-order valence-electron chi connectivity index (χ2n) is 6.75. The molecule has 0 aliphatic heterocycles. The first-order valence-corrected chi connectivity index (χ1v) is 11.0. The van der Waals surface area contributed by atoms with Gasteiger partial charge < -0.3 is 4.57 Å². The largest absolute Gasteiger partial charge is 0.331 e. The quantitative estimate of drug-likeness (QED) is 0.407. The summed E-state index contributed by atoms with van der Waals surface area (Å²) in [5.41, 5.74) is 2.29. The van der Waals surface area contributed by atoms with Gasteiger partial charge in [0, 0.05) is 6.54 Å². The number of fused-ring (bicyclic) bond motifs is 1. The molecule has 0 radical (unpaired) electrons. The first-order chi connectivity index (χ1) is 12.1. The summed E-state index contributed by atoms with van der Waals surface area (Å²) < 4.78 is 32.0. The number of rotatable bonds is 13. The summed E-state index contributed by atoms with van der Waals surface area (Å²) in [5.74, 6) is -0.0980. The lowest BCUT2D eigenvalue weighted by Crippen LogP contribution is -2.03. The van der Waals surface area contributed by atoms with E-state index in [1.165, 1.54) is 44.0 Å². The van der Waals surface area contributed by atoms with Crippen LogP contribution < -0.4 is 0 Å². The molecule has 0 unspecified atom stereocenters. The second kappa shape index (κ2) is 10.6. The maximum Gasteiger partial charge on any atom is 0.264 e. The number of nitrogens with zero attached hydrogens (tertiary/aromatic N) is 2. The van der Waals surface area contributed by atoms with Gasteiger partial charge in [0.05, 0.1) is 23.1 Å². The second-order valence-corrected chi connectivity index (χ2v) is 8.32. The fourth-order valence-electron chi connectivity index (χ4n) is 3.17. The monoisotopic (exact) mass is 366 g/mol. The zero-order valence-electron chi connectivity index (χ0n) is 14.9. The predicted molar refractivity (Wildman–Crippen MR) is 102 cm³/mol. The Balaban J connectivity index is 1.42. The number of unbranched alkanes of at least 4 members (excludes halogenated alkanes) is 9. The normalized spacial score (nSPS) is 12.0. The molecule has 1 heterocycles. The Morgan fingerprint density at radius 2 is 1.40 bits per heavy atom. The van der Waals surface area contributed by atoms with E-state index in [0.29, 0.717) is 6.42 Å². The minimum atomic E-state index is -3.77. The first kappa shape index (κ1) is 19.9. The summed E-state index contributed by atoms with van der Waals surface area (Å²) in [7, 11) is -3.77. The lowest BCUT2D eigenvalue weighted by atomic mass is 10.1. The SMILES string of the molecule is O=S(=O)(O)CCCCCCCCCCCCn1cnc2ccccc21. The van der Waals surface area contributed by atoms with Crippen molar-refractivity contribution in [1.82, 2.24) is 9.55 Å². The topological polar surface area (TPSA) is 72.2 Å². The summed E-state index contributed by atoms with van der Waals surface area (Å²) >= 11 is 0. The van der Waals surface area contributed by atoms with E-state index in [4.69, 9.17) is 4.55 Å². The minimum absolute atomic E-state index is 0.0980. The van der Waals surface area contributed by atoms with Crippen LogP contribution >= 0.6 is 0 Å². The summed E-state index contributed by atoms with van der Waals surface area (Å²) in [6.07, 6.45) is 13.1. The van der Waals surface area contributed by atoms with Crippen molar-refractivity contribution in [2.45, 2.75) is 70.8 Å². The van der Waals surface area contributed by atoms with Gasteiger partial charge in [-0.05, 0) is 25.0 Å². The summed E-state index contributed by atoms with van der Waals surface area (Å²) in [6.45, 7) is 1.04. The van der Waals surface area contributed by atoms with Crippen molar-refractivity contribution in [3.05, 3.63) is 30.6 Å². The van der Waals surface area contributed by atoms with E-state index >= 15 is 0 Å². The van der Waals surface area contributed by atoms with Gasteiger partial charge in [-0.2, -0.15) is 8.42 Å². The van der Waals surface area contributed by atoms with Gasteiger partial charge in [-0.3, -0.25) is 4.55 Å². The van der Waals surface area contributed by atoms with E-state index in [2.05, 4.69) is 27.8 Å². The Morgan fingerprint density at radius 1 is 0.840 bits per heavy atom. The Kier molecular flexibility index (Phi) is 8.41. The molecule has 0 bridgehead atoms. The van der Waals surface area contributed by atoms with Gasteiger partial charge in [0.15, 0.2) is 0 Å². The standard InChI is InChI=1S/C19H30N2O3S/c22-25(23,24)16-12-8-6-4-2-1-3-5-7-11-15-21-17-20-18-13-9-10-14-19(18)21/h9-10,13-14,17H,1-8,11-12,15-16H2,(H,22,23,24). The van der Waals surface area contributed by atoms with Crippen molar-refractivity contribution >= 4 is 21.2 Å². The highest BCUT2D eigenvalue weighted by atomic mass is 32.2. The van der Waals surface area contributed by atoms with Gasteiger partial charge in [0.1, 0.15) is 0 Å². The molecular weight excluding hydrogens is 336 g/mol. The molecule has 2 rings (SSSR count). The van der Waals surface area contributed by atoms with Crippen LogP contribution in [0.5, 0.6) is 0 Å². The molecular formula is C19H30N2O3S. The van der Waals surface area contributed by atoms with Crippen molar-refractivity contribution in [1.29, 1.82) is 0 Å². The molecule has 2 aromatic rings. The lowest BCUT2D eigenvalue weighted by molar-refractivity contribution is 0.478. The maximum atomic E-state index is 10.6. The fourth-order valence-corrected chi connectivity index (χ4v) is 3.74. The zero-order valence-corrected chi connectivity index (χ0v) is 15.8. The molecule has 0 amide bonds. The summed E-state index contributed by atoms with van der Waals surface area (Å²) in [6, 6.07) is 8.25. The van der Waals surface area contributed by atoms with Gasteiger partial charge in [-0.25, -0.2) is 4.98 Å². The van der Waals surface area contributed by atoms with Crippen LogP contribution in [0.2, 0.25) is 0 Å². The van der Waals surface area contributed by atoms with E-state index in [0.717, 1.165) is 31.3 Å². The van der Waals surface area contributed by atoms with Crippen molar-refractivity contribution in [2.24, 2.45) is 0 Å². The zero-order chi connectivity index (χ0) is 18.0. The molecule has 0 fully saturated rings. The van der Waals surface area contributed by atoms with Crippen LogP contribution in [0.3, 0.4) is 0 Å². The van der Waals surface area contributed by atoms with E-state index in [1.54, 1.807) is 0 Å². The maximum absolute atomic E-state index is 10.6. The molecule has 0 saturated carbocycles. The highest BCUT2D eigenvalue weighted by Crippen LogP contribution is 2.14. The molecule has 0 aliphatic rings. The van der Waals surface area contributed by atoms with Gasteiger partial charge >= 0.3 is 0 Å². The van der Waals surface area contributed by atoms with Crippen LogP contribution in [-0.2, 0) is 16.7 Å². The van der Waals surface area contributed by atoms with Crippen molar-refractivity contribution in [3.63, 3.8) is 0 Å². The van der Waals surface area contributed by atoms with Crippen LogP contribution in [0, 0.1) is 0 Å². The number of benzene rings is 1. The number of para-hydroxylation sites is 2. The van der Waals surface area contributed by atoms with Gasteiger partial charge in [0.25, 0.3) is 10.1 Å². The smallest absolute Gasteiger partial charge is 0.264 e. The van der Waals surface area contributed by atoms with E-state index in [-0.39, 0.29) is 5.75 Å². The third-order valence-electron chi connectivity index (χ3n) is 4.58. The van der Waals surface area contributed by atoms with Gasteiger partial charge in [0.2, 0.25) is 0 Å².